The fourth-order valence-electron chi connectivity index (χ4n) is 2.63. The molecule has 2 heterocycles. The van der Waals surface area contributed by atoms with Gasteiger partial charge in [-0.2, -0.15) is 0 Å². The van der Waals surface area contributed by atoms with Crippen LogP contribution in [0.5, 0.6) is 0 Å². The van der Waals surface area contributed by atoms with Crippen LogP contribution in [0.25, 0.3) is 0 Å². The van der Waals surface area contributed by atoms with Crippen molar-refractivity contribution in [1.29, 1.82) is 0 Å². The Kier molecular flexibility index (Phi) is 5.92. The lowest BCUT2D eigenvalue weighted by Crippen LogP contribution is -2.60. The van der Waals surface area contributed by atoms with Gasteiger partial charge in [-0.15, -0.1) is 0 Å². The molecule has 0 aromatic carbocycles. The van der Waals surface area contributed by atoms with Crippen molar-refractivity contribution < 1.29 is 55.1 Å². The van der Waals surface area contributed by atoms with Crippen LogP contribution >= 0.6 is 0 Å². The van der Waals surface area contributed by atoms with Gasteiger partial charge in [0.25, 0.3) is 0 Å². The van der Waals surface area contributed by atoms with Crippen LogP contribution in [-0.2, 0) is 14.2 Å². The molecule has 0 radical (unpaired) electrons. The molecule has 2 rings (SSSR count). The van der Waals surface area contributed by atoms with Crippen molar-refractivity contribution in [3.8, 4) is 0 Å². The van der Waals surface area contributed by atoms with E-state index in [1.165, 1.54) is 0 Å². The van der Waals surface area contributed by atoms with Crippen LogP contribution in [-0.4, -0.2) is 115 Å². The van der Waals surface area contributed by atoms with Gasteiger partial charge < -0.3 is 55.1 Å². The number of ether oxygens (including phenoxy) is 3. The lowest BCUT2D eigenvalue weighted by atomic mass is 9.99. The predicted octanol–water partition coefficient (Wildman–Crippen LogP) is -5.40. The number of aliphatic hydroxyl groups excluding tert-OH is 7. The van der Waals surface area contributed by atoms with Crippen LogP contribution in [0, 0.1) is 0 Å². The van der Waals surface area contributed by atoms with Gasteiger partial charge in [0.05, 0.1) is 19.8 Å². The summed E-state index contributed by atoms with van der Waals surface area (Å²) in [6.07, 6.45) is -12.2. The summed E-state index contributed by atoms with van der Waals surface area (Å²) in [7, 11) is 0. The van der Waals surface area contributed by atoms with E-state index in [0.29, 0.717) is 0 Å². The average Bonchev–Trinajstić information content (AvgIpc) is 2.80. The van der Waals surface area contributed by atoms with Gasteiger partial charge in [0.1, 0.15) is 42.7 Å². The van der Waals surface area contributed by atoms with Crippen LogP contribution in [0.2, 0.25) is 0 Å². The average molecular weight is 342 g/mol. The van der Waals surface area contributed by atoms with Gasteiger partial charge in [0.15, 0.2) is 6.29 Å². The van der Waals surface area contributed by atoms with E-state index in [2.05, 4.69) is 0 Å². The van der Waals surface area contributed by atoms with Gasteiger partial charge >= 0.3 is 0 Å². The van der Waals surface area contributed by atoms with Gasteiger partial charge in [-0.05, 0) is 0 Å². The Balaban J connectivity index is 2.13. The van der Waals surface area contributed by atoms with Crippen molar-refractivity contribution in [2.45, 2.75) is 54.8 Å². The highest BCUT2D eigenvalue weighted by Gasteiger charge is 2.56. The first-order valence-corrected chi connectivity index (χ1v) is 7.05. The van der Waals surface area contributed by atoms with Crippen LogP contribution in [0.15, 0.2) is 0 Å². The first kappa shape index (κ1) is 18.9. The first-order chi connectivity index (χ1) is 10.8. The Labute approximate surface area is 130 Å². The largest absolute Gasteiger partial charge is 0.394 e. The topological polar surface area (TPSA) is 190 Å². The number of aliphatic hydroxyl groups is 8. The summed E-state index contributed by atoms with van der Waals surface area (Å²) in [5, 5.41) is 76.5. The molecule has 0 aliphatic carbocycles. The van der Waals surface area contributed by atoms with Crippen molar-refractivity contribution in [2.24, 2.45) is 0 Å². The van der Waals surface area contributed by atoms with E-state index in [4.69, 9.17) is 24.4 Å². The van der Waals surface area contributed by atoms with Crippen molar-refractivity contribution >= 4 is 0 Å². The van der Waals surface area contributed by atoms with Crippen LogP contribution in [0.4, 0.5) is 0 Å². The third-order valence-electron chi connectivity index (χ3n) is 4.04. The molecule has 8 N–H and O–H groups in total. The van der Waals surface area contributed by atoms with E-state index in [1.54, 1.807) is 0 Å². The van der Waals surface area contributed by atoms with Gasteiger partial charge in [0, 0.05) is 0 Å². The molecule has 0 amide bonds. The SMILES string of the molecule is OC[C@H]1O[C@@H](O[C@@H]2[C@@H](CO)O[C@@](O)(CO)[C@H]2O)[C@H](O)[C@@H](O)[C@H]1O. The van der Waals surface area contributed by atoms with E-state index >= 15 is 0 Å². The molecule has 0 bridgehead atoms. The molecular weight excluding hydrogens is 320 g/mol. The van der Waals surface area contributed by atoms with Gasteiger partial charge in [0.2, 0.25) is 5.79 Å². The fraction of sp³-hybridized carbons (Fsp3) is 1.00. The monoisotopic (exact) mass is 342 g/mol. The van der Waals surface area contributed by atoms with E-state index in [-0.39, 0.29) is 0 Å². The molecule has 0 spiro atoms. The molecule has 0 unspecified atom stereocenters. The molecule has 9 atom stereocenters. The zero-order chi connectivity index (χ0) is 17.4. The van der Waals surface area contributed by atoms with E-state index in [9.17, 15) is 30.6 Å². The number of hydrogen-bond acceptors (Lipinski definition) is 11. The zero-order valence-corrected chi connectivity index (χ0v) is 12.0. The Hall–Kier alpha value is -0.440. The molecule has 23 heavy (non-hydrogen) atoms. The van der Waals surface area contributed by atoms with Crippen LogP contribution < -0.4 is 0 Å². The van der Waals surface area contributed by atoms with Crippen molar-refractivity contribution in [3.63, 3.8) is 0 Å². The zero-order valence-electron chi connectivity index (χ0n) is 12.0. The summed E-state index contributed by atoms with van der Waals surface area (Å²) in [6, 6.07) is 0. The lowest BCUT2D eigenvalue weighted by molar-refractivity contribution is -0.318. The van der Waals surface area contributed by atoms with Crippen molar-refractivity contribution in [3.05, 3.63) is 0 Å². The molecule has 11 nitrogen and oxygen atoms in total. The summed E-state index contributed by atoms with van der Waals surface area (Å²) < 4.78 is 15.3. The normalized spacial score (nSPS) is 51.1. The molecule has 0 aromatic rings. The molecule has 11 heteroatoms. The maximum absolute atomic E-state index is 10.00. The molecule has 2 fully saturated rings. The standard InChI is InChI=1S/C12H22O11/c13-1-4-6(16)7(17)8(18)11(21-4)22-9-5(2-14)23-12(20,3-15)10(9)19/h4-11,13-20H,1-3H2/t4-,5-,6+,7+,8-,9-,10+,11+,12+/m1/s1. The highest BCUT2D eigenvalue weighted by atomic mass is 16.7. The third kappa shape index (κ3) is 3.36. The van der Waals surface area contributed by atoms with Crippen LogP contribution in [0.1, 0.15) is 0 Å². The minimum atomic E-state index is -2.37. The van der Waals surface area contributed by atoms with Crippen LogP contribution in [0.3, 0.4) is 0 Å². The maximum Gasteiger partial charge on any atom is 0.219 e. The number of rotatable bonds is 5. The second-order valence-corrected chi connectivity index (χ2v) is 5.58. The van der Waals surface area contributed by atoms with Gasteiger partial charge in [-0.3, -0.25) is 0 Å². The molecule has 2 aliphatic rings. The molecule has 2 aliphatic heterocycles. The second kappa shape index (κ2) is 7.21. The minimum Gasteiger partial charge on any atom is -0.394 e. The Morgan fingerprint density at radius 1 is 0.870 bits per heavy atom. The quantitative estimate of drug-likeness (QED) is 0.238. The number of hydrogen-bond donors (Lipinski definition) is 8. The Morgan fingerprint density at radius 2 is 1.48 bits per heavy atom. The molecule has 0 aromatic heterocycles. The lowest BCUT2D eigenvalue weighted by Gasteiger charge is -2.41. The third-order valence-corrected chi connectivity index (χ3v) is 4.04. The van der Waals surface area contributed by atoms with Gasteiger partial charge in [-0.25, -0.2) is 0 Å². The summed E-state index contributed by atoms with van der Waals surface area (Å²) in [5.74, 6) is -2.37. The first-order valence-electron chi connectivity index (χ1n) is 7.05. The van der Waals surface area contributed by atoms with Crippen molar-refractivity contribution in [1.82, 2.24) is 0 Å². The van der Waals surface area contributed by atoms with E-state index in [0.717, 1.165) is 0 Å². The summed E-state index contributed by atoms with van der Waals surface area (Å²) in [5.41, 5.74) is 0. The minimum absolute atomic E-state index is 0.668. The predicted molar refractivity (Wildman–Crippen MR) is 68.6 cm³/mol. The molecule has 0 saturated carbocycles. The Morgan fingerprint density at radius 3 is 2.00 bits per heavy atom. The maximum atomic E-state index is 10.00. The van der Waals surface area contributed by atoms with Gasteiger partial charge in [-0.1, -0.05) is 0 Å². The molecule has 136 valence electrons. The second-order valence-electron chi connectivity index (χ2n) is 5.58. The Bertz CT molecular complexity index is 393. The summed E-state index contributed by atoms with van der Waals surface area (Å²) in [6.45, 7) is -2.32. The summed E-state index contributed by atoms with van der Waals surface area (Å²) >= 11 is 0. The molecular formula is C12H22O11. The highest BCUT2D eigenvalue weighted by molar-refractivity contribution is 4.98. The fourth-order valence-corrected chi connectivity index (χ4v) is 2.63. The van der Waals surface area contributed by atoms with E-state index in [1.807, 2.05) is 0 Å². The molecule has 2 saturated heterocycles. The summed E-state index contributed by atoms with van der Waals surface area (Å²) in [4.78, 5) is 0. The smallest absolute Gasteiger partial charge is 0.219 e. The highest BCUT2D eigenvalue weighted by Crippen LogP contribution is 2.33. The van der Waals surface area contributed by atoms with E-state index < -0.39 is 74.6 Å². The van der Waals surface area contributed by atoms with Crippen molar-refractivity contribution in [2.75, 3.05) is 19.8 Å².